The Morgan fingerprint density at radius 1 is 1.14 bits per heavy atom. The molecule has 5 nitrogen and oxygen atoms in total. The number of carboxylic acid groups (broad SMARTS) is 1. The lowest BCUT2D eigenvalue weighted by Crippen LogP contribution is -2.38. The average Bonchev–Trinajstić information content (AvgIpc) is 3.02. The molecule has 0 aliphatic rings. The van der Waals surface area contributed by atoms with Crippen molar-refractivity contribution in [3.8, 4) is 0 Å². The molecule has 2 rings (SSSR count). The fourth-order valence-corrected chi connectivity index (χ4v) is 2.35. The van der Waals surface area contributed by atoms with Gasteiger partial charge >= 0.3 is 5.97 Å². The maximum absolute atomic E-state index is 12.4. The number of likely N-dealkylation sites (N-methyl/N-ethyl adjacent to an activating group) is 1. The minimum atomic E-state index is -1.18. The molecule has 0 radical (unpaired) electrons. The molecule has 2 aromatic rings. The van der Waals surface area contributed by atoms with Crippen LogP contribution in [0.2, 0.25) is 0 Å². The van der Waals surface area contributed by atoms with Crippen LogP contribution in [0.1, 0.15) is 40.0 Å². The second kappa shape index (κ2) is 6.93. The third kappa shape index (κ3) is 3.55. The van der Waals surface area contributed by atoms with E-state index in [1.54, 1.807) is 11.9 Å². The van der Waals surface area contributed by atoms with Crippen LogP contribution in [0, 0.1) is 0 Å². The van der Waals surface area contributed by atoms with Crippen molar-refractivity contribution in [1.82, 2.24) is 4.90 Å². The molecule has 0 bridgehead atoms. The Balaban J connectivity index is 2.11. The third-order valence-electron chi connectivity index (χ3n) is 3.68. The van der Waals surface area contributed by atoms with E-state index in [9.17, 15) is 9.59 Å². The zero-order valence-corrected chi connectivity index (χ0v) is 12.7. The van der Waals surface area contributed by atoms with E-state index in [1.807, 2.05) is 37.3 Å². The molecule has 1 atom stereocenters. The van der Waals surface area contributed by atoms with Crippen molar-refractivity contribution in [2.24, 2.45) is 0 Å². The summed E-state index contributed by atoms with van der Waals surface area (Å²) in [5.41, 5.74) is 1.15. The second-order valence-corrected chi connectivity index (χ2v) is 5.14. The predicted octanol–water partition coefficient (Wildman–Crippen LogP) is 3.07. The van der Waals surface area contributed by atoms with E-state index in [4.69, 9.17) is 9.52 Å². The standard InChI is InChI=1S/C17H19NO4/c1-3-13(11-12-7-5-4-6-8-12)18(2)16(19)14-9-10-15(22-14)17(20)21/h4-10,13H,3,11H2,1-2H3,(H,20,21). The smallest absolute Gasteiger partial charge is 0.371 e. The topological polar surface area (TPSA) is 70.8 Å². The summed E-state index contributed by atoms with van der Waals surface area (Å²) < 4.78 is 5.08. The summed E-state index contributed by atoms with van der Waals surface area (Å²) in [7, 11) is 1.71. The molecule has 0 spiro atoms. The zero-order chi connectivity index (χ0) is 16.1. The molecular formula is C17H19NO4. The first kappa shape index (κ1) is 15.8. The van der Waals surface area contributed by atoms with Crippen molar-refractivity contribution < 1.29 is 19.1 Å². The molecule has 5 heteroatoms. The van der Waals surface area contributed by atoms with Crippen LogP contribution >= 0.6 is 0 Å². The predicted molar refractivity (Wildman–Crippen MR) is 82.0 cm³/mol. The minimum absolute atomic E-state index is 0.0216. The van der Waals surface area contributed by atoms with Gasteiger partial charge in [-0.1, -0.05) is 37.3 Å². The number of hydrogen-bond donors (Lipinski definition) is 1. The summed E-state index contributed by atoms with van der Waals surface area (Å²) in [6.45, 7) is 2.02. The third-order valence-corrected chi connectivity index (χ3v) is 3.68. The number of carboxylic acids is 1. The van der Waals surface area contributed by atoms with Gasteiger partial charge in [0.15, 0.2) is 5.76 Å². The normalized spacial score (nSPS) is 11.9. The molecule has 1 aromatic heterocycles. The van der Waals surface area contributed by atoms with Crippen LogP contribution in [0.4, 0.5) is 0 Å². The first-order valence-corrected chi connectivity index (χ1v) is 7.17. The van der Waals surface area contributed by atoms with Crippen LogP contribution in [0.15, 0.2) is 46.9 Å². The molecule has 1 amide bonds. The molecular weight excluding hydrogens is 282 g/mol. The summed E-state index contributed by atoms with van der Waals surface area (Å²) in [4.78, 5) is 24.8. The van der Waals surface area contributed by atoms with Crippen LogP contribution in [0.25, 0.3) is 0 Å². The van der Waals surface area contributed by atoms with Crippen LogP contribution in [-0.4, -0.2) is 35.0 Å². The van der Waals surface area contributed by atoms with Crippen molar-refractivity contribution in [2.45, 2.75) is 25.8 Å². The average molecular weight is 301 g/mol. The summed E-state index contributed by atoms with van der Waals surface area (Å²) in [5.74, 6) is -1.67. The first-order chi connectivity index (χ1) is 10.5. The Morgan fingerprint density at radius 3 is 2.32 bits per heavy atom. The number of furan rings is 1. The fourth-order valence-electron chi connectivity index (χ4n) is 2.35. The molecule has 116 valence electrons. The molecule has 1 unspecified atom stereocenters. The Bertz CT molecular complexity index is 648. The summed E-state index contributed by atoms with van der Waals surface area (Å²) in [6, 6.07) is 12.7. The van der Waals surface area contributed by atoms with E-state index in [-0.39, 0.29) is 23.5 Å². The van der Waals surface area contributed by atoms with E-state index in [0.29, 0.717) is 0 Å². The highest BCUT2D eigenvalue weighted by Gasteiger charge is 2.23. The molecule has 1 heterocycles. The Labute approximate surface area is 129 Å². The van der Waals surface area contributed by atoms with Crippen LogP contribution in [0.5, 0.6) is 0 Å². The molecule has 22 heavy (non-hydrogen) atoms. The number of amides is 1. The van der Waals surface area contributed by atoms with Crippen molar-refractivity contribution in [1.29, 1.82) is 0 Å². The van der Waals surface area contributed by atoms with Gasteiger partial charge in [0.2, 0.25) is 5.76 Å². The highest BCUT2D eigenvalue weighted by molar-refractivity contribution is 5.93. The molecule has 0 saturated carbocycles. The van der Waals surface area contributed by atoms with Crippen molar-refractivity contribution >= 4 is 11.9 Å². The van der Waals surface area contributed by atoms with Gasteiger partial charge in [0.1, 0.15) is 0 Å². The fraction of sp³-hybridized carbons (Fsp3) is 0.294. The van der Waals surface area contributed by atoms with Crippen molar-refractivity contribution in [2.75, 3.05) is 7.05 Å². The van der Waals surface area contributed by atoms with Gasteiger partial charge in [-0.15, -0.1) is 0 Å². The van der Waals surface area contributed by atoms with Gasteiger partial charge in [0, 0.05) is 13.1 Å². The number of rotatable bonds is 6. The molecule has 1 aromatic carbocycles. The lowest BCUT2D eigenvalue weighted by atomic mass is 10.0. The number of aromatic carboxylic acids is 1. The summed E-state index contributed by atoms with van der Waals surface area (Å²) in [5, 5.41) is 8.85. The molecule has 0 aliphatic carbocycles. The van der Waals surface area contributed by atoms with Gasteiger partial charge in [-0.3, -0.25) is 4.79 Å². The SMILES string of the molecule is CCC(Cc1ccccc1)N(C)C(=O)c1ccc(C(=O)O)o1. The van der Waals surface area contributed by atoms with Crippen molar-refractivity contribution in [3.63, 3.8) is 0 Å². The Kier molecular flexibility index (Phi) is 4.99. The highest BCUT2D eigenvalue weighted by atomic mass is 16.4. The molecule has 1 N–H and O–H groups in total. The number of nitrogens with zero attached hydrogens (tertiary/aromatic N) is 1. The first-order valence-electron chi connectivity index (χ1n) is 7.17. The number of carbonyl (C=O) groups is 2. The van der Waals surface area contributed by atoms with Crippen molar-refractivity contribution in [3.05, 3.63) is 59.5 Å². The van der Waals surface area contributed by atoms with Gasteiger partial charge in [-0.2, -0.15) is 0 Å². The van der Waals surface area contributed by atoms with Crippen LogP contribution in [0.3, 0.4) is 0 Å². The summed E-state index contributed by atoms with van der Waals surface area (Å²) >= 11 is 0. The van der Waals surface area contributed by atoms with Gasteiger partial charge in [0.25, 0.3) is 5.91 Å². The monoisotopic (exact) mass is 301 g/mol. The highest BCUT2D eigenvalue weighted by Crippen LogP contribution is 2.16. The van der Waals surface area contributed by atoms with E-state index >= 15 is 0 Å². The van der Waals surface area contributed by atoms with E-state index in [0.717, 1.165) is 18.4 Å². The van der Waals surface area contributed by atoms with Gasteiger partial charge in [-0.05, 0) is 30.5 Å². The lowest BCUT2D eigenvalue weighted by Gasteiger charge is -2.26. The maximum atomic E-state index is 12.4. The summed E-state index contributed by atoms with van der Waals surface area (Å²) in [6.07, 6.45) is 1.54. The molecule has 0 fully saturated rings. The molecule has 0 saturated heterocycles. The Morgan fingerprint density at radius 2 is 1.77 bits per heavy atom. The quantitative estimate of drug-likeness (QED) is 0.890. The largest absolute Gasteiger partial charge is 0.475 e. The molecule has 0 aliphatic heterocycles. The zero-order valence-electron chi connectivity index (χ0n) is 12.7. The number of carbonyl (C=O) groups excluding carboxylic acids is 1. The van der Waals surface area contributed by atoms with E-state index in [1.165, 1.54) is 12.1 Å². The van der Waals surface area contributed by atoms with E-state index < -0.39 is 5.97 Å². The maximum Gasteiger partial charge on any atom is 0.371 e. The van der Waals surface area contributed by atoms with E-state index in [2.05, 4.69) is 0 Å². The minimum Gasteiger partial charge on any atom is -0.475 e. The van der Waals surface area contributed by atoms with Gasteiger partial charge < -0.3 is 14.4 Å². The van der Waals surface area contributed by atoms with Gasteiger partial charge in [-0.25, -0.2) is 4.79 Å². The van der Waals surface area contributed by atoms with Crippen LogP contribution in [-0.2, 0) is 6.42 Å². The lowest BCUT2D eigenvalue weighted by molar-refractivity contribution is 0.0643. The Hall–Kier alpha value is -2.56. The van der Waals surface area contributed by atoms with Crippen LogP contribution < -0.4 is 0 Å². The number of hydrogen-bond acceptors (Lipinski definition) is 3. The second-order valence-electron chi connectivity index (χ2n) is 5.14. The van der Waals surface area contributed by atoms with Gasteiger partial charge in [0.05, 0.1) is 0 Å². The number of benzene rings is 1.